The number of anilines is 1. The van der Waals surface area contributed by atoms with Gasteiger partial charge in [0.05, 0.1) is 5.69 Å². The molecular formula is C14H17N5O2. The first-order valence-corrected chi connectivity index (χ1v) is 6.97. The van der Waals surface area contributed by atoms with E-state index in [9.17, 15) is 9.59 Å². The minimum absolute atomic E-state index is 0.278. The number of amides is 1. The van der Waals surface area contributed by atoms with Crippen LogP contribution in [-0.2, 0) is 4.79 Å². The maximum absolute atomic E-state index is 12.2. The molecule has 7 nitrogen and oxygen atoms in total. The van der Waals surface area contributed by atoms with Gasteiger partial charge < -0.3 is 5.32 Å². The maximum Gasteiger partial charge on any atom is 0.267 e. The van der Waals surface area contributed by atoms with Crippen molar-refractivity contribution < 1.29 is 4.79 Å². The lowest BCUT2D eigenvalue weighted by molar-refractivity contribution is -0.119. The van der Waals surface area contributed by atoms with Crippen LogP contribution in [0.2, 0.25) is 0 Å². The normalized spacial score (nSPS) is 15.7. The predicted molar refractivity (Wildman–Crippen MR) is 77.1 cm³/mol. The Morgan fingerprint density at radius 1 is 1.48 bits per heavy atom. The van der Waals surface area contributed by atoms with Gasteiger partial charge in [0.25, 0.3) is 5.56 Å². The molecule has 0 spiro atoms. The van der Waals surface area contributed by atoms with Crippen LogP contribution in [0.1, 0.15) is 43.1 Å². The fraction of sp³-hybridized carbons (Fsp3) is 0.429. The van der Waals surface area contributed by atoms with E-state index in [1.165, 1.54) is 10.7 Å². The van der Waals surface area contributed by atoms with Gasteiger partial charge in [-0.2, -0.15) is 10.2 Å². The summed E-state index contributed by atoms with van der Waals surface area (Å²) in [5.74, 6) is 0.556. The van der Waals surface area contributed by atoms with E-state index in [1.54, 1.807) is 19.1 Å². The summed E-state index contributed by atoms with van der Waals surface area (Å²) in [6.07, 6.45) is 2.19. The lowest BCUT2D eigenvalue weighted by Crippen LogP contribution is -2.33. The molecule has 1 saturated carbocycles. The quantitative estimate of drug-likeness (QED) is 0.887. The molecule has 0 radical (unpaired) electrons. The fourth-order valence-corrected chi connectivity index (χ4v) is 2.14. The molecule has 1 unspecified atom stereocenters. The number of H-pyrrole nitrogens is 1. The van der Waals surface area contributed by atoms with Crippen molar-refractivity contribution >= 4 is 11.7 Å². The molecule has 21 heavy (non-hydrogen) atoms. The van der Waals surface area contributed by atoms with Crippen molar-refractivity contribution in [3.8, 4) is 0 Å². The van der Waals surface area contributed by atoms with Gasteiger partial charge in [-0.3, -0.25) is 14.7 Å². The first-order valence-electron chi connectivity index (χ1n) is 6.97. The summed E-state index contributed by atoms with van der Waals surface area (Å²) in [4.78, 5) is 24.1. The second-order valence-electron chi connectivity index (χ2n) is 5.42. The number of hydrogen-bond donors (Lipinski definition) is 2. The highest BCUT2D eigenvalue weighted by Gasteiger charge is 2.27. The van der Waals surface area contributed by atoms with Crippen LogP contribution in [-0.4, -0.2) is 25.9 Å². The van der Waals surface area contributed by atoms with Gasteiger partial charge in [-0.1, -0.05) is 0 Å². The van der Waals surface area contributed by atoms with Gasteiger partial charge in [0, 0.05) is 23.7 Å². The molecule has 0 aromatic carbocycles. The second kappa shape index (κ2) is 5.16. The van der Waals surface area contributed by atoms with Crippen LogP contribution in [0.5, 0.6) is 0 Å². The number of nitrogens with one attached hydrogen (secondary N) is 2. The van der Waals surface area contributed by atoms with Crippen LogP contribution in [0.3, 0.4) is 0 Å². The van der Waals surface area contributed by atoms with E-state index in [1.807, 2.05) is 6.92 Å². The van der Waals surface area contributed by atoms with E-state index >= 15 is 0 Å². The first kappa shape index (κ1) is 13.5. The molecule has 2 aromatic rings. The van der Waals surface area contributed by atoms with Gasteiger partial charge >= 0.3 is 0 Å². The van der Waals surface area contributed by atoms with Crippen molar-refractivity contribution in [2.45, 2.75) is 38.6 Å². The van der Waals surface area contributed by atoms with Crippen molar-refractivity contribution in [1.29, 1.82) is 0 Å². The predicted octanol–water partition coefficient (Wildman–Crippen LogP) is 1.35. The monoisotopic (exact) mass is 287 g/mol. The zero-order valence-electron chi connectivity index (χ0n) is 12.0. The molecule has 0 saturated heterocycles. The van der Waals surface area contributed by atoms with Crippen LogP contribution in [0.25, 0.3) is 0 Å². The number of hydrogen-bond acceptors (Lipinski definition) is 4. The Morgan fingerprint density at radius 2 is 2.24 bits per heavy atom. The van der Waals surface area contributed by atoms with E-state index in [4.69, 9.17) is 0 Å². The molecule has 0 aliphatic heterocycles. The summed E-state index contributed by atoms with van der Waals surface area (Å²) >= 11 is 0. The topological polar surface area (TPSA) is 92.7 Å². The molecule has 1 aliphatic rings. The number of aromatic nitrogens is 4. The maximum atomic E-state index is 12.2. The third kappa shape index (κ3) is 2.86. The SMILES string of the molecule is Cc1cc(NC(=O)C(C)n2nc(C3CC3)ccc2=O)n[nH]1. The van der Waals surface area contributed by atoms with Gasteiger partial charge in [-0.25, -0.2) is 4.68 Å². The minimum Gasteiger partial charge on any atom is -0.307 e. The summed E-state index contributed by atoms with van der Waals surface area (Å²) in [7, 11) is 0. The van der Waals surface area contributed by atoms with Gasteiger partial charge in [-0.05, 0) is 32.8 Å². The third-order valence-electron chi connectivity index (χ3n) is 3.54. The standard InChI is InChI=1S/C14H17N5O2/c1-8-7-12(17-16-8)15-14(21)9(2)19-13(20)6-5-11(18-19)10-3-4-10/h5-7,9-10H,3-4H2,1-2H3,(H2,15,16,17,21). The number of rotatable bonds is 4. The van der Waals surface area contributed by atoms with Crippen molar-refractivity contribution in [3.63, 3.8) is 0 Å². The third-order valence-corrected chi connectivity index (χ3v) is 3.54. The van der Waals surface area contributed by atoms with Crippen LogP contribution in [0, 0.1) is 6.92 Å². The average molecular weight is 287 g/mol. The largest absolute Gasteiger partial charge is 0.307 e. The molecule has 2 N–H and O–H groups in total. The van der Waals surface area contributed by atoms with Crippen LogP contribution in [0.15, 0.2) is 23.0 Å². The van der Waals surface area contributed by atoms with E-state index in [0.29, 0.717) is 11.7 Å². The fourth-order valence-electron chi connectivity index (χ4n) is 2.14. The van der Waals surface area contributed by atoms with Crippen molar-refractivity contribution in [3.05, 3.63) is 39.9 Å². The molecule has 1 amide bonds. The van der Waals surface area contributed by atoms with Crippen LogP contribution in [0.4, 0.5) is 5.82 Å². The Morgan fingerprint density at radius 3 is 2.86 bits per heavy atom. The molecule has 110 valence electrons. The number of carbonyl (C=O) groups is 1. The number of carbonyl (C=O) groups excluding carboxylic acids is 1. The van der Waals surface area contributed by atoms with E-state index in [2.05, 4.69) is 20.6 Å². The summed E-state index contributed by atoms with van der Waals surface area (Å²) in [5, 5.41) is 13.7. The van der Waals surface area contributed by atoms with Crippen LogP contribution < -0.4 is 10.9 Å². The zero-order valence-corrected chi connectivity index (χ0v) is 12.0. The Labute approximate surface area is 121 Å². The Hall–Kier alpha value is -2.44. The highest BCUT2D eigenvalue weighted by atomic mass is 16.2. The van der Waals surface area contributed by atoms with E-state index in [0.717, 1.165) is 24.2 Å². The van der Waals surface area contributed by atoms with Gasteiger partial charge in [0.2, 0.25) is 5.91 Å². The molecule has 1 fully saturated rings. The highest BCUT2D eigenvalue weighted by molar-refractivity contribution is 5.92. The number of aryl methyl sites for hydroxylation is 1. The molecule has 0 bridgehead atoms. The number of nitrogens with zero attached hydrogens (tertiary/aromatic N) is 3. The van der Waals surface area contributed by atoms with Crippen LogP contribution >= 0.6 is 0 Å². The molecule has 1 atom stereocenters. The Kier molecular flexibility index (Phi) is 3.32. The van der Waals surface area contributed by atoms with Crippen molar-refractivity contribution in [2.24, 2.45) is 0 Å². The Bertz CT molecular complexity index is 729. The molecule has 2 aromatic heterocycles. The van der Waals surface area contributed by atoms with E-state index < -0.39 is 6.04 Å². The summed E-state index contributed by atoms with van der Waals surface area (Å²) < 4.78 is 1.24. The molecule has 2 heterocycles. The smallest absolute Gasteiger partial charge is 0.267 e. The molecule has 7 heteroatoms. The van der Waals surface area contributed by atoms with Crippen molar-refractivity contribution in [2.75, 3.05) is 5.32 Å². The first-order chi connectivity index (χ1) is 10.0. The lowest BCUT2D eigenvalue weighted by Gasteiger charge is -2.13. The summed E-state index contributed by atoms with van der Waals surface area (Å²) in [5.41, 5.74) is 1.45. The summed E-state index contributed by atoms with van der Waals surface area (Å²) in [6, 6.07) is 4.26. The second-order valence-corrected chi connectivity index (χ2v) is 5.42. The highest BCUT2D eigenvalue weighted by Crippen LogP contribution is 2.38. The van der Waals surface area contributed by atoms with Gasteiger partial charge in [-0.15, -0.1) is 0 Å². The average Bonchev–Trinajstić information content (AvgIpc) is 3.22. The number of aromatic amines is 1. The summed E-state index contributed by atoms with van der Waals surface area (Å²) in [6.45, 7) is 3.50. The lowest BCUT2D eigenvalue weighted by atomic mass is 10.2. The Balaban J connectivity index is 1.80. The van der Waals surface area contributed by atoms with Crippen molar-refractivity contribution in [1.82, 2.24) is 20.0 Å². The molecular weight excluding hydrogens is 270 g/mol. The minimum atomic E-state index is -0.687. The molecule has 3 rings (SSSR count). The van der Waals surface area contributed by atoms with Gasteiger partial charge in [0.15, 0.2) is 5.82 Å². The molecule has 1 aliphatic carbocycles. The zero-order chi connectivity index (χ0) is 15.0. The van der Waals surface area contributed by atoms with Gasteiger partial charge in [0.1, 0.15) is 6.04 Å². The van der Waals surface area contributed by atoms with E-state index in [-0.39, 0.29) is 11.5 Å².